The minimum atomic E-state index is -0.600. The average molecular weight is 334 g/mol. The lowest BCUT2D eigenvalue weighted by Crippen LogP contribution is -2.27. The zero-order valence-electron chi connectivity index (χ0n) is 11.1. The highest BCUT2D eigenvalue weighted by Crippen LogP contribution is 2.36. The summed E-state index contributed by atoms with van der Waals surface area (Å²) in [6.07, 6.45) is 1.65. The van der Waals surface area contributed by atoms with Gasteiger partial charge in [0, 0.05) is 0 Å². The summed E-state index contributed by atoms with van der Waals surface area (Å²) in [5.74, 6) is -1.04. The molecule has 0 N–H and O–H groups in total. The zero-order chi connectivity index (χ0) is 15.7. The first-order valence-electron chi connectivity index (χ1n) is 6.34. The van der Waals surface area contributed by atoms with Crippen LogP contribution in [0.15, 0.2) is 53.4 Å². The first-order valence-corrected chi connectivity index (χ1v) is 7.54. The maximum absolute atomic E-state index is 13.2. The number of benzene rings is 2. The van der Waals surface area contributed by atoms with Gasteiger partial charge in [0.25, 0.3) is 11.1 Å². The Hall–Kier alpha value is -2.11. The van der Waals surface area contributed by atoms with E-state index < -0.39 is 17.0 Å². The number of halogens is 2. The van der Waals surface area contributed by atoms with Crippen LogP contribution in [-0.2, 0) is 4.79 Å². The molecule has 22 heavy (non-hydrogen) atoms. The molecule has 1 aliphatic heterocycles. The number of thioether (sulfide) groups is 1. The lowest BCUT2D eigenvalue weighted by Gasteiger charge is -2.12. The lowest BCUT2D eigenvalue weighted by molar-refractivity contribution is -0.113. The Kier molecular flexibility index (Phi) is 4.00. The Morgan fingerprint density at radius 3 is 2.50 bits per heavy atom. The van der Waals surface area contributed by atoms with E-state index in [0.717, 1.165) is 28.3 Å². The predicted molar refractivity (Wildman–Crippen MR) is 86.3 cm³/mol. The van der Waals surface area contributed by atoms with Gasteiger partial charge in [0.15, 0.2) is 0 Å². The number of hydrogen-bond acceptors (Lipinski definition) is 3. The normalized spacial score (nSPS) is 16.6. The van der Waals surface area contributed by atoms with E-state index in [0.29, 0.717) is 4.91 Å². The van der Waals surface area contributed by atoms with Crippen LogP contribution in [0.3, 0.4) is 0 Å². The van der Waals surface area contributed by atoms with Crippen LogP contribution in [0.2, 0.25) is 5.02 Å². The maximum Gasteiger partial charge on any atom is 0.298 e. The third-order valence-electron chi connectivity index (χ3n) is 3.05. The number of anilines is 1. The third kappa shape index (κ3) is 2.77. The Balaban J connectivity index is 1.95. The summed E-state index contributed by atoms with van der Waals surface area (Å²) in [6.45, 7) is 0. The molecular formula is C16H9ClFNO2S. The highest BCUT2D eigenvalue weighted by atomic mass is 35.5. The monoisotopic (exact) mass is 333 g/mol. The number of carbonyl (C=O) groups is 2. The molecule has 3 rings (SSSR count). The molecular weight excluding hydrogens is 325 g/mol. The molecule has 0 aromatic heterocycles. The standard InChI is InChI=1S/C16H9ClFNO2S/c17-12-9-11(6-7-13(12)18)19-15(20)14(22-16(19)21)8-10-4-2-1-3-5-10/h1-9H/b14-8-. The van der Waals surface area contributed by atoms with Crippen LogP contribution >= 0.6 is 23.4 Å². The van der Waals surface area contributed by atoms with Crippen molar-refractivity contribution >= 4 is 46.3 Å². The molecule has 0 saturated carbocycles. The van der Waals surface area contributed by atoms with Gasteiger partial charge < -0.3 is 0 Å². The van der Waals surface area contributed by atoms with E-state index in [1.165, 1.54) is 12.1 Å². The fraction of sp³-hybridized carbons (Fsp3) is 0. The Labute approximate surface area is 135 Å². The fourth-order valence-electron chi connectivity index (χ4n) is 2.02. The smallest absolute Gasteiger partial charge is 0.268 e. The third-order valence-corrected chi connectivity index (χ3v) is 4.21. The number of hydrogen-bond donors (Lipinski definition) is 0. The van der Waals surface area contributed by atoms with Crippen molar-refractivity contribution in [3.05, 3.63) is 69.8 Å². The van der Waals surface area contributed by atoms with Gasteiger partial charge in [-0.1, -0.05) is 41.9 Å². The molecule has 3 nitrogen and oxygen atoms in total. The van der Waals surface area contributed by atoms with E-state index >= 15 is 0 Å². The number of imide groups is 1. The molecule has 6 heteroatoms. The molecule has 1 aliphatic rings. The largest absolute Gasteiger partial charge is 0.298 e. The van der Waals surface area contributed by atoms with Gasteiger partial charge in [0.1, 0.15) is 5.82 Å². The highest BCUT2D eigenvalue weighted by molar-refractivity contribution is 8.19. The number of rotatable bonds is 2. The second-order valence-electron chi connectivity index (χ2n) is 4.53. The number of carbonyl (C=O) groups excluding carboxylic acids is 2. The molecule has 1 heterocycles. The van der Waals surface area contributed by atoms with Gasteiger partial charge in [0.05, 0.1) is 15.6 Å². The molecule has 0 unspecified atom stereocenters. The zero-order valence-corrected chi connectivity index (χ0v) is 12.7. The molecule has 0 atom stereocenters. The molecule has 1 fully saturated rings. The van der Waals surface area contributed by atoms with Gasteiger partial charge >= 0.3 is 0 Å². The molecule has 0 spiro atoms. The quantitative estimate of drug-likeness (QED) is 0.746. The van der Waals surface area contributed by atoms with Crippen molar-refractivity contribution in [1.29, 1.82) is 0 Å². The SMILES string of the molecule is O=C1S/C(=C\c2ccccc2)C(=O)N1c1ccc(F)c(Cl)c1. The van der Waals surface area contributed by atoms with Crippen LogP contribution in [0.4, 0.5) is 14.9 Å². The van der Waals surface area contributed by atoms with Crippen molar-refractivity contribution in [2.45, 2.75) is 0 Å². The molecule has 2 aromatic rings. The first kappa shape index (κ1) is 14.8. The van der Waals surface area contributed by atoms with E-state index in [-0.39, 0.29) is 10.7 Å². The molecule has 110 valence electrons. The summed E-state index contributed by atoms with van der Waals surface area (Å²) < 4.78 is 13.2. The van der Waals surface area contributed by atoms with Crippen molar-refractivity contribution in [3.63, 3.8) is 0 Å². The topological polar surface area (TPSA) is 37.4 Å². The summed E-state index contributed by atoms with van der Waals surface area (Å²) in [5.41, 5.74) is 1.08. The lowest BCUT2D eigenvalue weighted by atomic mass is 10.2. The minimum absolute atomic E-state index is 0.136. The van der Waals surface area contributed by atoms with E-state index in [1.807, 2.05) is 30.3 Å². The molecule has 1 saturated heterocycles. The molecule has 2 amide bonds. The van der Waals surface area contributed by atoms with Crippen LogP contribution in [0, 0.1) is 5.82 Å². The van der Waals surface area contributed by atoms with Crippen molar-refractivity contribution in [2.75, 3.05) is 4.90 Å². The summed E-state index contributed by atoms with van der Waals surface area (Å²) in [6, 6.07) is 13.0. The van der Waals surface area contributed by atoms with E-state index in [4.69, 9.17) is 11.6 Å². The van der Waals surface area contributed by atoms with Crippen LogP contribution in [-0.4, -0.2) is 11.1 Å². The predicted octanol–water partition coefficient (Wildman–Crippen LogP) is 4.72. The van der Waals surface area contributed by atoms with Crippen molar-refractivity contribution < 1.29 is 14.0 Å². The summed E-state index contributed by atoms with van der Waals surface area (Å²) in [4.78, 5) is 25.8. The fourth-order valence-corrected chi connectivity index (χ4v) is 3.03. The van der Waals surface area contributed by atoms with Crippen LogP contribution in [0.1, 0.15) is 5.56 Å². The summed E-state index contributed by atoms with van der Waals surface area (Å²) in [7, 11) is 0. The minimum Gasteiger partial charge on any atom is -0.268 e. The van der Waals surface area contributed by atoms with Crippen molar-refractivity contribution in [2.24, 2.45) is 0 Å². The van der Waals surface area contributed by atoms with Crippen molar-refractivity contribution in [3.8, 4) is 0 Å². The van der Waals surface area contributed by atoms with E-state index in [2.05, 4.69) is 0 Å². The molecule has 2 aromatic carbocycles. The van der Waals surface area contributed by atoms with Crippen LogP contribution in [0.25, 0.3) is 6.08 Å². The van der Waals surface area contributed by atoms with Gasteiger partial charge in [-0.2, -0.15) is 0 Å². The van der Waals surface area contributed by atoms with Crippen molar-refractivity contribution in [1.82, 2.24) is 0 Å². The Morgan fingerprint density at radius 1 is 1.09 bits per heavy atom. The second-order valence-corrected chi connectivity index (χ2v) is 5.93. The van der Waals surface area contributed by atoms with Gasteiger partial charge in [-0.15, -0.1) is 0 Å². The van der Waals surface area contributed by atoms with Gasteiger partial charge in [0.2, 0.25) is 0 Å². The number of amides is 2. The van der Waals surface area contributed by atoms with Gasteiger partial charge in [-0.3, -0.25) is 9.59 Å². The van der Waals surface area contributed by atoms with Gasteiger partial charge in [-0.05, 0) is 41.6 Å². The summed E-state index contributed by atoms with van der Waals surface area (Å²) in [5, 5.41) is -0.571. The second kappa shape index (κ2) is 5.94. The average Bonchev–Trinajstić information content (AvgIpc) is 2.78. The summed E-state index contributed by atoms with van der Waals surface area (Å²) >= 11 is 6.55. The first-order chi connectivity index (χ1) is 10.6. The van der Waals surface area contributed by atoms with E-state index in [9.17, 15) is 14.0 Å². The number of nitrogens with zero attached hydrogens (tertiary/aromatic N) is 1. The van der Waals surface area contributed by atoms with Crippen LogP contribution in [0.5, 0.6) is 0 Å². The molecule has 0 radical (unpaired) electrons. The molecule has 0 bridgehead atoms. The Morgan fingerprint density at radius 2 is 1.82 bits per heavy atom. The van der Waals surface area contributed by atoms with Crippen LogP contribution < -0.4 is 4.90 Å². The highest BCUT2D eigenvalue weighted by Gasteiger charge is 2.36. The van der Waals surface area contributed by atoms with Gasteiger partial charge in [-0.25, -0.2) is 9.29 Å². The molecule has 0 aliphatic carbocycles. The van der Waals surface area contributed by atoms with E-state index in [1.54, 1.807) is 6.08 Å². The maximum atomic E-state index is 13.2. The Bertz CT molecular complexity index is 792.